The Morgan fingerprint density at radius 2 is 1.24 bits per heavy atom. The molecule has 4 atom stereocenters. The molecule has 0 rings (SSSR count). The molecule has 33 heavy (non-hydrogen) atoms. The average Bonchev–Trinajstić information content (AvgIpc) is 2.71. The third-order valence-electron chi connectivity index (χ3n) is 4.49. The topological polar surface area (TPSA) is 237 Å². The lowest BCUT2D eigenvalue weighted by Crippen LogP contribution is -2.57. The highest BCUT2D eigenvalue weighted by molar-refractivity contribution is 7.80. The molecule has 0 aromatic carbocycles. The Kier molecular flexibility index (Phi) is 13.7. The van der Waals surface area contributed by atoms with Crippen LogP contribution in [0.25, 0.3) is 0 Å². The molecule has 0 fully saturated rings. The van der Waals surface area contributed by atoms with Gasteiger partial charge in [0.25, 0.3) is 0 Å². The second-order valence-electron chi connectivity index (χ2n) is 7.95. The zero-order valence-electron chi connectivity index (χ0n) is 18.7. The minimum Gasteiger partial charge on any atom is -0.480 e. The Morgan fingerprint density at radius 1 is 0.788 bits per heavy atom. The van der Waals surface area contributed by atoms with Gasteiger partial charge in [0.2, 0.25) is 29.5 Å². The zero-order valence-corrected chi connectivity index (χ0v) is 19.6. The normalized spacial score (nSPS) is 14.5. The van der Waals surface area contributed by atoms with Crippen LogP contribution in [0.4, 0.5) is 0 Å². The lowest BCUT2D eigenvalue weighted by molar-refractivity contribution is -0.141. The SMILES string of the molecule is CC(C)CC(NC(=O)C(N)CCC(N)=O)C(=O)NC(CCC(N)=O)C(=O)NC(CS)C(=O)O. The Bertz CT molecular complexity index is 733. The van der Waals surface area contributed by atoms with Crippen molar-refractivity contribution in [2.45, 2.75) is 70.1 Å². The number of carboxylic acids is 1. The minimum absolute atomic E-state index is 0.0128. The van der Waals surface area contributed by atoms with Crippen molar-refractivity contribution in [1.29, 1.82) is 0 Å². The van der Waals surface area contributed by atoms with Crippen molar-refractivity contribution in [3.05, 3.63) is 0 Å². The number of carbonyl (C=O) groups excluding carboxylic acids is 5. The van der Waals surface area contributed by atoms with Gasteiger partial charge in [-0.15, -0.1) is 0 Å². The number of carboxylic acid groups (broad SMARTS) is 1. The number of nitrogens with one attached hydrogen (secondary N) is 3. The Labute approximate surface area is 197 Å². The van der Waals surface area contributed by atoms with Gasteiger partial charge in [-0.25, -0.2) is 4.79 Å². The van der Waals surface area contributed by atoms with Gasteiger partial charge >= 0.3 is 5.97 Å². The Morgan fingerprint density at radius 3 is 1.70 bits per heavy atom. The van der Waals surface area contributed by atoms with Gasteiger partial charge < -0.3 is 38.3 Å². The zero-order chi connectivity index (χ0) is 25.7. The number of amides is 5. The number of nitrogens with two attached hydrogens (primary N) is 3. The molecular weight excluding hydrogens is 456 g/mol. The van der Waals surface area contributed by atoms with Crippen LogP contribution in [0.15, 0.2) is 0 Å². The van der Waals surface area contributed by atoms with E-state index < -0.39 is 59.7 Å². The fourth-order valence-corrected chi connectivity index (χ4v) is 2.94. The van der Waals surface area contributed by atoms with E-state index in [-0.39, 0.29) is 43.8 Å². The van der Waals surface area contributed by atoms with Gasteiger partial charge in [0, 0.05) is 18.6 Å². The summed E-state index contributed by atoms with van der Waals surface area (Å²) in [5, 5.41) is 16.3. The van der Waals surface area contributed by atoms with Crippen molar-refractivity contribution in [1.82, 2.24) is 16.0 Å². The Hall–Kier alpha value is -2.87. The molecule has 0 spiro atoms. The molecule has 188 valence electrons. The van der Waals surface area contributed by atoms with Crippen LogP contribution in [0, 0.1) is 5.92 Å². The molecule has 4 unspecified atom stereocenters. The van der Waals surface area contributed by atoms with Gasteiger partial charge in [0.15, 0.2) is 0 Å². The standard InChI is InChI=1S/C19H34N6O7S/c1-9(2)7-12(24-16(28)10(20)3-5-14(21)26)18(30)23-11(4-6-15(22)27)17(29)25-13(8-33)19(31)32/h9-13,33H,3-8,20H2,1-2H3,(H2,21,26)(H2,22,27)(H,23,30)(H,24,28)(H,25,29)(H,31,32). The summed E-state index contributed by atoms with van der Waals surface area (Å²) in [6.45, 7) is 3.61. The van der Waals surface area contributed by atoms with Crippen LogP contribution in [-0.2, 0) is 28.8 Å². The molecule has 0 saturated heterocycles. The van der Waals surface area contributed by atoms with Crippen molar-refractivity contribution < 1.29 is 33.9 Å². The second kappa shape index (κ2) is 15.1. The first-order valence-electron chi connectivity index (χ1n) is 10.3. The summed E-state index contributed by atoms with van der Waals surface area (Å²) in [6, 6.07) is -4.77. The number of rotatable bonds is 16. The van der Waals surface area contributed by atoms with E-state index in [2.05, 4.69) is 28.6 Å². The van der Waals surface area contributed by atoms with Crippen LogP contribution in [-0.4, -0.2) is 70.5 Å². The lowest BCUT2D eigenvalue weighted by Gasteiger charge is -2.25. The highest BCUT2D eigenvalue weighted by Gasteiger charge is 2.30. The Balaban J connectivity index is 5.45. The first kappa shape index (κ1) is 30.1. The smallest absolute Gasteiger partial charge is 0.327 e. The number of aliphatic carboxylic acids is 1. The van der Waals surface area contributed by atoms with Gasteiger partial charge in [0.05, 0.1) is 6.04 Å². The first-order valence-corrected chi connectivity index (χ1v) is 11.0. The van der Waals surface area contributed by atoms with E-state index in [0.29, 0.717) is 0 Å². The number of hydrogen-bond donors (Lipinski definition) is 8. The third kappa shape index (κ3) is 12.7. The maximum atomic E-state index is 12.9. The molecule has 0 aromatic heterocycles. The molecule has 0 aliphatic rings. The van der Waals surface area contributed by atoms with Crippen LogP contribution in [0.3, 0.4) is 0 Å². The summed E-state index contributed by atoms with van der Waals surface area (Å²) in [4.78, 5) is 71.1. The van der Waals surface area contributed by atoms with E-state index in [1.165, 1.54) is 0 Å². The number of thiol groups is 1. The molecule has 14 heteroatoms. The quantitative estimate of drug-likeness (QED) is 0.106. The van der Waals surface area contributed by atoms with Crippen molar-refractivity contribution >= 4 is 48.1 Å². The highest BCUT2D eigenvalue weighted by Crippen LogP contribution is 2.08. The lowest BCUT2D eigenvalue weighted by atomic mass is 10.0. The number of primary amides is 2. The minimum atomic E-state index is -1.33. The monoisotopic (exact) mass is 490 g/mol. The van der Waals surface area contributed by atoms with Crippen LogP contribution in [0.2, 0.25) is 0 Å². The molecular formula is C19H34N6O7S. The van der Waals surface area contributed by atoms with Crippen LogP contribution in [0.1, 0.15) is 46.0 Å². The first-order chi connectivity index (χ1) is 15.3. The maximum Gasteiger partial charge on any atom is 0.327 e. The molecule has 0 radical (unpaired) electrons. The summed E-state index contributed by atoms with van der Waals surface area (Å²) in [7, 11) is 0. The molecule has 13 nitrogen and oxygen atoms in total. The summed E-state index contributed by atoms with van der Waals surface area (Å²) in [6.07, 6.45) is -0.372. The van der Waals surface area contributed by atoms with Crippen LogP contribution < -0.4 is 33.2 Å². The van der Waals surface area contributed by atoms with E-state index in [1.54, 1.807) is 13.8 Å². The van der Waals surface area contributed by atoms with E-state index in [0.717, 1.165) is 0 Å². The average molecular weight is 491 g/mol. The second-order valence-corrected chi connectivity index (χ2v) is 8.32. The van der Waals surface area contributed by atoms with Crippen molar-refractivity contribution in [3.63, 3.8) is 0 Å². The largest absolute Gasteiger partial charge is 0.480 e. The molecule has 5 amide bonds. The van der Waals surface area contributed by atoms with E-state index in [4.69, 9.17) is 22.3 Å². The predicted octanol–water partition coefficient (Wildman–Crippen LogP) is -2.64. The molecule has 0 heterocycles. The van der Waals surface area contributed by atoms with Gasteiger partial charge in [-0.3, -0.25) is 24.0 Å². The third-order valence-corrected chi connectivity index (χ3v) is 4.85. The molecule has 0 bridgehead atoms. The van der Waals surface area contributed by atoms with Crippen molar-refractivity contribution in [2.24, 2.45) is 23.1 Å². The van der Waals surface area contributed by atoms with Gasteiger partial charge in [-0.2, -0.15) is 12.6 Å². The van der Waals surface area contributed by atoms with E-state index >= 15 is 0 Å². The van der Waals surface area contributed by atoms with Crippen LogP contribution >= 0.6 is 12.6 Å². The number of hydrogen-bond acceptors (Lipinski definition) is 8. The maximum absolute atomic E-state index is 12.9. The fraction of sp³-hybridized carbons (Fsp3) is 0.684. The van der Waals surface area contributed by atoms with E-state index in [1.807, 2.05) is 0 Å². The van der Waals surface area contributed by atoms with Gasteiger partial charge in [-0.05, 0) is 25.2 Å². The van der Waals surface area contributed by atoms with E-state index in [9.17, 15) is 28.8 Å². The fourth-order valence-electron chi connectivity index (χ4n) is 2.70. The van der Waals surface area contributed by atoms with Crippen LogP contribution in [0.5, 0.6) is 0 Å². The molecule has 0 aliphatic carbocycles. The van der Waals surface area contributed by atoms with Gasteiger partial charge in [-0.1, -0.05) is 13.8 Å². The molecule has 10 N–H and O–H groups in total. The molecule has 0 aliphatic heterocycles. The van der Waals surface area contributed by atoms with Crippen molar-refractivity contribution in [2.75, 3.05) is 5.75 Å². The summed E-state index contributed by atoms with van der Waals surface area (Å²) in [5.41, 5.74) is 15.9. The van der Waals surface area contributed by atoms with Gasteiger partial charge in [0.1, 0.15) is 18.1 Å². The summed E-state index contributed by atoms with van der Waals surface area (Å²) < 4.78 is 0. The molecule has 0 saturated carbocycles. The number of carbonyl (C=O) groups is 6. The molecule has 0 aromatic rings. The van der Waals surface area contributed by atoms with Crippen molar-refractivity contribution in [3.8, 4) is 0 Å². The highest BCUT2D eigenvalue weighted by atomic mass is 32.1. The summed E-state index contributed by atoms with van der Waals surface area (Å²) in [5.74, 6) is -5.18. The summed E-state index contributed by atoms with van der Waals surface area (Å²) >= 11 is 3.86. The predicted molar refractivity (Wildman–Crippen MR) is 122 cm³/mol.